The van der Waals surface area contributed by atoms with Gasteiger partial charge in [0.2, 0.25) is 0 Å². The second kappa shape index (κ2) is 7.10. The number of hydrogen-bond donors (Lipinski definition) is 1. The van der Waals surface area contributed by atoms with Gasteiger partial charge in [0, 0.05) is 12.0 Å². The third-order valence-electron chi connectivity index (χ3n) is 4.58. The molecule has 0 spiro atoms. The predicted octanol–water partition coefficient (Wildman–Crippen LogP) is 3.56. The van der Waals surface area contributed by atoms with Crippen LogP contribution in [0.3, 0.4) is 0 Å². The summed E-state index contributed by atoms with van der Waals surface area (Å²) in [6, 6.07) is 0. The first-order valence-electron chi connectivity index (χ1n) is 7.77. The fourth-order valence-corrected chi connectivity index (χ4v) is 1.62. The first-order chi connectivity index (χ1) is 9.21. The van der Waals surface area contributed by atoms with Crippen molar-refractivity contribution in [3.05, 3.63) is 0 Å². The van der Waals surface area contributed by atoms with Crippen LogP contribution >= 0.6 is 0 Å². The van der Waals surface area contributed by atoms with Crippen LogP contribution in [0.15, 0.2) is 0 Å². The monoisotopic (exact) mass is 302 g/mol. The first-order valence-corrected chi connectivity index (χ1v) is 7.77. The number of rotatable bonds is 8. The molecule has 1 N–H and O–H groups in total. The molecule has 1 atom stereocenters. The highest BCUT2D eigenvalue weighted by Gasteiger charge is 2.42. The van der Waals surface area contributed by atoms with Gasteiger partial charge in [0.15, 0.2) is 0 Å². The molecule has 0 bridgehead atoms. The molecule has 126 valence electrons. The van der Waals surface area contributed by atoms with Gasteiger partial charge in [-0.05, 0) is 54.9 Å². The molecule has 0 heterocycles. The summed E-state index contributed by atoms with van der Waals surface area (Å²) in [6.45, 7) is 17.5. The molecule has 0 saturated heterocycles. The zero-order valence-electron chi connectivity index (χ0n) is 15.2. The van der Waals surface area contributed by atoms with E-state index in [2.05, 4.69) is 13.8 Å². The van der Waals surface area contributed by atoms with Crippen molar-refractivity contribution >= 4 is 5.97 Å². The lowest BCUT2D eigenvalue weighted by molar-refractivity contribution is -0.181. The lowest BCUT2D eigenvalue weighted by Crippen LogP contribution is -2.47. The Labute approximate surface area is 130 Å². The van der Waals surface area contributed by atoms with Crippen LogP contribution in [0.2, 0.25) is 0 Å². The number of carbonyl (C=O) groups is 1. The summed E-state index contributed by atoms with van der Waals surface area (Å²) in [5.41, 5.74) is -1.95. The molecule has 4 heteroatoms. The third-order valence-corrected chi connectivity index (χ3v) is 4.58. The van der Waals surface area contributed by atoms with Crippen LogP contribution in [0.25, 0.3) is 0 Å². The molecule has 0 amide bonds. The van der Waals surface area contributed by atoms with E-state index in [0.717, 1.165) is 6.42 Å². The molecule has 1 unspecified atom stereocenters. The summed E-state index contributed by atoms with van der Waals surface area (Å²) in [7, 11) is 0. The molecular formula is C17H34O4. The minimum atomic E-state index is -1.09. The van der Waals surface area contributed by atoms with E-state index in [0.29, 0.717) is 6.61 Å². The lowest BCUT2D eigenvalue weighted by atomic mass is 9.74. The van der Waals surface area contributed by atoms with Crippen molar-refractivity contribution in [2.45, 2.75) is 86.0 Å². The van der Waals surface area contributed by atoms with Crippen LogP contribution in [0.1, 0.15) is 68.7 Å². The summed E-state index contributed by atoms with van der Waals surface area (Å²) in [5, 5.41) is 9.94. The van der Waals surface area contributed by atoms with Crippen molar-refractivity contribution < 1.29 is 19.4 Å². The molecule has 0 aromatic rings. The summed E-state index contributed by atoms with van der Waals surface area (Å²) in [4.78, 5) is 12.2. The normalized spacial score (nSPS) is 15.2. The molecule has 0 fully saturated rings. The summed E-state index contributed by atoms with van der Waals surface area (Å²) >= 11 is 0. The number of carbonyl (C=O) groups excluding carboxylic acids is 1. The molecule has 0 aromatic carbocycles. The van der Waals surface area contributed by atoms with Gasteiger partial charge in [-0.25, -0.2) is 0 Å². The second-order valence-electron chi connectivity index (χ2n) is 7.86. The third kappa shape index (κ3) is 6.35. The summed E-state index contributed by atoms with van der Waals surface area (Å²) in [6.07, 6.45) is 0.990. The Balaban J connectivity index is 4.75. The lowest BCUT2D eigenvalue weighted by Gasteiger charge is -2.42. The maximum atomic E-state index is 12.2. The van der Waals surface area contributed by atoms with E-state index in [4.69, 9.17) is 9.47 Å². The molecule has 21 heavy (non-hydrogen) atoms. The highest BCUT2D eigenvalue weighted by Crippen LogP contribution is 2.38. The van der Waals surface area contributed by atoms with Gasteiger partial charge in [0.25, 0.3) is 0 Å². The molecule has 0 rings (SSSR count). The van der Waals surface area contributed by atoms with E-state index in [-0.39, 0.29) is 17.5 Å². The Hall–Kier alpha value is -0.610. The van der Waals surface area contributed by atoms with E-state index < -0.39 is 17.1 Å². The molecule has 0 aliphatic rings. The number of ether oxygens (including phenoxy) is 2. The minimum absolute atomic E-state index is 0.196. The highest BCUT2D eigenvalue weighted by atomic mass is 16.6. The molecule has 0 saturated carbocycles. The molecule has 0 aliphatic carbocycles. The summed E-state index contributed by atoms with van der Waals surface area (Å²) in [5.74, 6) is -0.940. The average molecular weight is 302 g/mol. The van der Waals surface area contributed by atoms with Crippen molar-refractivity contribution in [2.75, 3.05) is 6.61 Å². The Morgan fingerprint density at radius 1 is 1.05 bits per heavy atom. The maximum Gasteiger partial charge on any atom is 0.312 e. The fraction of sp³-hybridized carbons (Fsp3) is 0.941. The van der Waals surface area contributed by atoms with E-state index >= 15 is 0 Å². The standard InChI is InChI=1S/C17H34O4/c1-12(2)20-11-10-15(4,5)17(8,9)21-14(18)13(3)16(6,7)19/h12-13,19H,10-11H2,1-9H3. The highest BCUT2D eigenvalue weighted by molar-refractivity contribution is 5.73. The number of hydrogen-bond acceptors (Lipinski definition) is 4. The van der Waals surface area contributed by atoms with E-state index in [1.807, 2.05) is 27.7 Å². The van der Waals surface area contributed by atoms with Crippen LogP contribution in [0.4, 0.5) is 0 Å². The zero-order valence-corrected chi connectivity index (χ0v) is 15.2. The smallest absolute Gasteiger partial charge is 0.312 e. The van der Waals surface area contributed by atoms with Gasteiger partial charge in [-0.2, -0.15) is 0 Å². The fourth-order valence-electron chi connectivity index (χ4n) is 1.62. The van der Waals surface area contributed by atoms with Gasteiger partial charge in [0.05, 0.1) is 17.6 Å². The van der Waals surface area contributed by atoms with Gasteiger partial charge < -0.3 is 14.6 Å². The molecule has 4 nitrogen and oxygen atoms in total. The molecular weight excluding hydrogens is 268 g/mol. The van der Waals surface area contributed by atoms with E-state index in [9.17, 15) is 9.90 Å². The van der Waals surface area contributed by atoms with Crippen molar-refractivity contribution in [1.82, 2.24) is 0 Å². The van der Waals surface area contributed by atoms with Gasteiger partial charge >= 0.3 is 5.97 Å². The summed E-state index contributed by atoms with van der Waals surface area (Å²) < 4.78 is 11.3. The largest absolute Gasteiger partial charge is 0.459 e. The minimum Gasteiger partial charge on any atom is -0.459 e. The molecule has 0 aromatic heterocycles. The van der Waals surface area contributed by atoms with E-state index in [1.165, 1.54) is 0 Å². The zero-order chi connectivity index (χ0) is 17.1. The predicted molar refractivity (Wildman–Crippen MR) is 85.1 cm³/mol. The average Bonchev–Trinajstić information content (AvgIpc) is 2.24. The van der Waals surface area contributed by atoms with Gasteiger partial charge in [0.1, 0.15) is 5.60 Å². The first kappa shape index (κ1) is 20.4. The van der Waals surface area contributed by atoms with Crippen molar-refractivity contribution in [2.24, 2.45) is 11.3 Å². The SMILES string of the molecule is CC(C)OCCC(C)(C)C(C)(C)OC(=O)C(C)C(C)(C)O. The van der Waals surface area contributed by atoms with Crippen LogP contribution < -0.4 is 0 Å². The molecule has 0 radical (unpaired) electrons. The Bertz CT molecular complexity index is 337. The Morgan fingerprint density at radius 3 is 1.90 bits per heavy atom. The van der Waals surface area contributed by atoms with Crippen LogP contribution in [-0.2, 0) is 14.3 Å². The van der Waals surface area contributed by atoms with Crippen molar-refractivity contribution in [3.63, 3.8) is 0 Å². The van der Waals surface area contributed by atoms with Crippen LogP contribution in [0, 0.1) is 11.3 Å². The van der Waals surface area contributed by atoms with Crippen LogP contribution in [0.5, 0.6) is 0 Å². The Kier molecular flexibility index (Phi) is 6.89. The number of aliphatic hydroxyl groups is 1. The Morgan fingerprint density at radius 2 is 1.52 bits per heavy atom. The number of esters is 1. The van der Waals surface area contributed by atoms with Gasteiger partial charge in [-0.15, -0.1) is 0 Å². The van der Waals surface area contributed by atoms with Gasteiger partial charge in [-0.1, -0.05) is 13.8 Å². The quantitative estimate of drug-likeness (QED) is 0.697. The van der Waals surface area contributed by atoms with Crippen molar-refractivity contribution in [1.29, 1.82) is 0 Å². The maximum absolute atomic E-state index is 12.2. The van der Waals surface area contributed by atoms with Crippen molar-refractivity contribution in [3.8, 4) is 0 Å². The van der Waals surface area contributed by atoms with Gasteiger partial charge in [-0.3, -0.25) is 4.79 Å². The topological polar surface area (TPSA) is 55.8 Å². The van der Waals surface area contributed by atoms with E-state index in [1.54, 1.807) is 20.8 Å². The van der Waals surface area contributed by atoms with Crippen LogP contribution in [-0.4, -0.2) is 35.0 Å². The molecule has 0 aliphatic heterocycles. The second-order valence-corrected chi connectivity index (χ2v) is 7.86.